The van der Waals surface area contributed by atoms with Crippen LogP contribution in [0.2, 0.25) is 5.02 Å². The maximum absolute atomic E-state index is 11.5. The number of hydrogen-bond acceptors (Lipinski definition) is 3. The molecule has 0 aliphatic heterocycles. The summed E-state index contributed by atoms with van der Waals surface area (Å²) in [7, 11) is 0. The van der Waals surface area contributed by atoms with Crippen molar-refractivity contribution in [1.82, 2.24) is 10.6 Å². The third-order valence-electron chi connectivity index (χ3n) is 3.80. The number of carbonyl (C=O) groups excluding carboxylic acids is 1. The van der Waals surface area contributed by atoms with Crippen molar-refractivity contribution in [2.75, 3.05) is 6.54 Å². The molecule has 0 radical (unpaired) electrons. The van der Waals surface area contributed by atoms with Crippen LogP contribution < -0.4 is 10.6 Å². The molecule has 0 unspecified atom stereocenters. The van der Waals surface area contributed by atoms with Crippen LogP contribution in [0.3, 0.4) is 0 Å². The molecule has 1 aliphatic rings. The Bertz CT molecular complexity index is 665. The summed E-state index contributed by atoms with van der Waals surface area (Å²) in [5.41, 5.74) is 0.900. The number of benzene rings is 1. The summed E-state index contributed by atoms with van der Waals surface area (Å²) >= 11 is 6.17. The molecule has 1 aliphatic carbocycles. The van der Waals surface area contributed by atoms with Gasteiger partial charge in [-0.1, -0.05) is 23.7 Å². The minimum absolute atomic E-state index is 0.160. The summed E-state index contributed by atoms with van der Waals surface area (Å²) < 4.78 is 5.81. The number of hydrogen-bond donors (Lipinski definition) is 2. The quantitative estimate of drug-likeness (QED) is 0.724. The fourth-order valence-corrected chi connectivity index (χ4v) is 2.62. The van der Waals surface area contributed by atoms with Gasteiger partial charge < -0.3 is 15.1 Å². The summed E-state index contributed by atoms with van der Waals surface area (Å²) in [6.45, 7) is 1.44. The van der Waals surface area contributed by atoms with Gasteiger partial charge in [-0.15, -0.1) is 0 Å². The van der Waals surface area contributed by atoms with E-state index in [1.54, 1.807) is 0 Å². The number of nitrogens with one attached hydrogen (secondary N) is 2. The van der Waals surface area contributed by atoms with Crippen molar-refractivity contribution in [2.24, 2.45) is 0 Å². The third-order valence-corrected chi connectivity index (χ3v) is 4.13. The van der Waals surface area contributed by atoms with Crippen LogP contribution in [0.5, 0.6) is 0 Å². The molecule has 0 saturated heterocycles. The minimum Gasteiger partial charge on any atom is -0.460 e. The lowest BCUT2D eigenvalue weighted by Gasteiger charge is -2.04. The molecule has 1 saturated carbocycles. The predicted octanol–water partition coefficient (Wildman–Crippen LogP) is 3.75. The summed E-state index contributed by atoms with van der Waals surface area (Å²) in [6, 6.07) is 12.0. The van der Waals surface area contributed by atoms with Gasteiger partial charge in [-0.05, 0) is 50.1 Å². The van der Waals surface area contributed by atoms with E-state index in [0.717, 1.165) is 42.9 Å². The SMILES string of the molecule is O=C(CCCNCc1ccc(-c2ccccc2Cl)o1)NC1CC1. The van der Waals surface area contributed by atoms with E-state index in [0.29, 0.717) is 24.0 Å². The van der Waals surface area contributed by atoms with Crippen molar-refractivity contribution >= 4 is 17.5 Å². The molecule has 1 aromatic heterocycles. The predicted molar refractivity (Wildman–Crippen MR) is 91.3 cm³/mol. The highest BCUT2D eigenvalue weighted by Gasteiger charge is 2.22. The molecular weight excluding hydrogens is 312 g/mol. The number of halogens is 1. The van der Waals surface area contributed by atoms with Crippen molar-refractivity contribution in [1.29, 1.82) is 0 Å². The first-order valence-electron chi connectivity index (χ1n) is 8.06. The zero-order valence-corrected chi connectivity index (χ0v) is 13.7. The van der Waals surface area contributed by atoms with Crippen LogP contribution >= 0.6 is 11.6 Å². The van der Waals surface area contributed by atoms with Crippen molar-refractivity contribution in [3.63, 3.8) is 0 Å². The zero-order valence-electron chi connectivity index (χ0n) is 13.0. The zero-order chi connectivity index (χ0) is 16.1. The smallest absolute Gasteiger partial charge is 0.220 e. The van der Waals surface area contributed by atoms with Crippen molar-refractivity contribution in [3.8, 4) is 11.3 Å². The van der Waals surface area contributed by atoms with E-state index < -0.39 is 0 Å². The molecule has 122 valence electrons. The normalized spacial score (nSPS) is 14.0. The van der Waals surface area contributed by atoms with Gasteiger partial charge in [-0.25, -0.2) is 0 Å². The van der Waals surface area contributed by atoms with Crippen molar-refractivity contribution in [3.05, 3.63) is 47.2 Å². The molecule has 0 spiro atoms. The molecule has 2 aromatic rings. The first kappa shape index (κ1) is 16.1. The molecule has 3 rings (SSSR count). The Kier molecular flexibility index (Phi) is 5.36. The van der Waals surface area contributed by atoms with E-state index in [1.807, 2.05) is 36.4 Å². The molecule has 4 nitrogen and oxygen atoms in total. The van der Waals surface area contributed by atoms with Gasteiger partial charge in [-0.3, -0.25) is 4.79 Å². The van der Waals surface area contributed by atoms with Gasteiger partial charge in [0.25, 0.3) is 0 Å². The van der Waals surface area contributed by atoms with E-state index in [1.165, 1.54) is 0 Å². The fraction of sp³-hybridized carbons (Fsp3) is 0.389. The lowest BCUT2D eigenvalue weighted by molar-refractivity contribution is -0.121. The largest absolute Gasteiger partial charge is 0.460 e. The van der Waals surface area contributed by atoms with E-state index in [-0.39, 0.29) is 5.91 Å². The first-order valence-corrected chi connectivity index (χ1v) is 8.44. The number of amides is 1. The van der Waals surface area contributed by atoms with Crippen LogP contribution in [0.25, 0.3) is 11.3 Å². The summed E-state index contributed by atoms with van der Waals surface area (Å²) in [6.07, 6.45) is 3.68. The Hall–Kier alpha value is -1.78. The van der Waals surface area contributed by atoms with Gasteiger partial charge in [0.2, 0.25) is 5.91 Å². The number of furan rings is 1. The van der Waals surface area contributed by atoms with E-state index >= 15 is 0 Å². The van der Waals surface area contributed by atoms with Crippen LogP contribution in [-0.2, 0) is 11.3 Å². The Morgan fingerprint density at radius 1 is 1.22 bits per heavy atom. The standard InChI is InChI=1S/C18H21ClN2O2/c19-16-5-2-1-4-15(16)17-10-9-14(23-17)12-20-11-3-6-18(22)21-13-7-8-13/h1-2,4-5,9-10,13,20H,3,6-8,11-12H2,(H,21,22). The molecule has 5 heteroatoms. The number of rotatable bonds is 8. The second kappa shape index (κ2) is 7.66. The first-order chi connectivity index (χ1) is 11.2. The van der Waals surface area contributed by atoms with Crippen molar-refractivity contribution < 1.29 is 9.21 Å². The molecule has 1 amide bonds. The second-order valence-electron chi connectivity index (χ2n) is 5.87. The number of carbonyl (C=O) groups is 1. The Balaban J connectivity index is 1.39. The molecule has 1 fully saturated rings. The van der Waals surface area contributed by atoms with Gasteiger partial charge in [0.05, 0.1) is 11.6 Å². The van der Waals surface area contributed by atoms with Crippen LogP contribution in [0.15, 0.2) is 40.8 Å². The summed E-state index contributed by atoms with van der Waals surface area (Å²) in [5.74, 6) is 1.80. The summed E-state index contributed by atoms with van der Waals surface area (Å²) in [5, 5.41) is 6.97. The van der Waals surface area contributed by atoms with Gasteiger partial charge in [0.15, 0.2) is 0 Å². The molecule has 23 heavy (non-hydrogen) atoms. The molecule has 2 N–H and O–H groups in total. The topological polar surface area (TPSA) is 54.3 Å². The van der Waals surface area contributed by atoms with Gasteiger partial charge in [0.1, 0.15) is 11.5 Å². The van der Waals surface area contributed by atoms with Crippen LogP contribution in [0.4, 0.5) is 0 Å². The van der Waals surface area contributed by atoms with Gasteiger partial charge in [-0.2, -0.15) is 0 Å². The highest BCUT2D eigenvalue weighted by atomic mass is 35.5. The lowest BCUT2D eigenvalue weighted by Crippen LogP contribution is -2.26. The lowest BCUT2D eigenvalue weighted by atomic mass is 10.2. The second-order valence-corrected chi connectivity index (χ2v) is 6.28. The average Bonchev–Trinajstić information content (AvgIpc) is 3.22. The van der Waals surface area contributed by atoms with Crippen LogP contribution in [-0.4, -0.2) is 18.5 Å². The third kappa shape index (κ3) is 4.85. The maximum atomic E-state index is 11.5. The average molecular weight is 333 g/mol. The van der Waals surface area contributed by atoms with Gasteiger partial charge in [0, 0.05) is 18.0 Å². The van der Waals surface area contributed by atoms with Gasteiger partial charge >= 0.3 is 0 Å². The molecule has 1 aromatic carbocycles. The highest BCUT2D eigenvalue weighted by Crippen LogP contribution is 2.28. The Morgan fingerprint density at radius 2 is 2.04 bits per heavy atom. The Labute approximate surface area is 141 Å². The molecular formula is C18H21ClN2O2. The highest BCUT2D eigenvalue weighted by molar-refractivity contribution is 6.33. The van der Waals surface area contributed by atoms with Crippen molar-refractivity contribution in [2.45, 2.75) is 38.3 Å². The monoisotopic (exact) mass is 332 g/mol. The van der Waals surface area contributed by atoms with E-state index in [2.05, 4.69) is 10.6 Å². The minimum atomic E-state index is 0.160. The molecule has 1 heterocycles. The molecule has 0 atom stereocenters. The molecule has 0 bridgehead atoms. The Morgan fingerprint density at radius 3 is 2.83 bits per heavy atom. The van der Waals surface area contributed by atoms with Crippen LogP contribution in [0, 0.1) is 0 Å². The maximum Gasteiger partial charge on any atom is 0.220 e. The van der Waals surface area contributed by atoms with E-state index in [9.17, 15) is 4.79 Å². The van der Waals surface area contributed by atoms with Crippen LogP contribution in [0.1, 0.15) is 31.4 Å². The summed E-state index contributed by atoms with van der Waals surface area (Å²) in [4.78, 5) is 11.5. The van der Waals surface area contributed by atoms with E-state index in [4.69, 9.17) is 16.0 Å². The fourth-order valence-electron chi connectivity index (χ4n) is 2.39.